The molecule has 0 aromatic heterocycles. The first-order chi connectivity index (χ1) is 8.00. The SMILES string of the molecule is Nc1ccc(-c2c(Cl)ccc(Cl)c2Cl)cc1Cl. The van der Waals surface area contributed by atoms with Crippen molar-refractivity contribution in [3.05, 3.63) is 50.4 Å². The number of halogens is 4. The summed E-state index contributed by atoms with van der Waals surface area (Å²) in [5.74, 6) is 0. The van der Waals surface area contributed by atoms with Crippen LogP contribution in [0.25, 0.3) is 11.1 Å². The van der Waals surface area contributed by atoms with Crippen molar-refractivity contribution in [2.45, 2.75) is 0 Å². The van der Waals surface area contributed by atoms with Gasteiger partial charge in [0, 0.05) is 10.6 Å². The van der Waals surface area contributed by atoms with Crippen molar-refractivity contribution in [3.63, 3.8) is 0 Å². The van der Waals surface area contributed by atoms with Gasteiger partial charge in [0.15, 0.2) is 0 Å². The quantitative estimate of drug-likeness (QED) is 0.542. The summed E-state index contributed by atoms with van der Waals surface area (Å²) in [6.45, 7) is 0. The fourth-order valence-corrected chi connectivity index (χ4v) is 2.40. The highest BCUT2D eigenvalue weighted by Gasteiger charge is 2.12. The van der Waals surface area contributed by atoms with E-state index in [4.69, 9.17) is 52.1 Å². The van der Waals surface area contributed by atoms with E-state index in [0.717, 1.165) is 5.56 Å². The van der Waals surface area contributed by atoms with E-state index >= 15 is 0 Å². The van der Waals surface area contributed by atoms with E-state index in [1.54, 1.807) is 30.3 Å². The van der Waals surface area contributed by atoms with E-state index in [2.05, 4.69) is 0 Å². The van der Waals surface area contributed by atoms with Crippen LogP contribution in [0.2, 0.25) is 20.1 Å². The lowest BCUT2D eigenvalue weighted by Crippen LogP contribution is -1.88. The van der Waals surface area contributed by atoms with Gasteiger partial charge in [-0.15, -0.1) is 0 Å². The Balaban J connectivity index is 2.68. The molecule has 0 unspecified atom stereocenters. The fourth-order valence-electron chi connectivity index (χ4n) is 1.47. The van der Waals surface area contributed by atoms with Gasteiger partial charge in [0.2, 0.25) is 0 Å². The molecular weight excluding hydrogens is 300 g/mol. The predicted octanol–water partition coefficient (Wildman–Crippen LogP) is 5.55. The first kappa shape index (κ1) is 12.8. The lowest BCUT2D eigenvalue weighted by Gasteiger charge is -2.09. The second-order valence-corrected chi connectivity index (χ2v) is 5.05. The Morgan fingerprint density at radius 1 is 0.765 bits per heavy atom. The van der Waals surface area contributed by atoms with Crippen molar-refractivity contribution in [1.29, 1.82) is 0 Å². The first-order valence-corrected chi connectivity index (χ1v) is 6.21. The minimum atomic E-state index is 0.403. The Kier molecular flexibility index (Phi) is 3.74. The van der Waals surface area contributed by atoms with Crippen LogP contribution in [0.15, 0.2) is 30.3 Å². The summed E-state index contributed by atoms with van der Waals surface area (Å²) in [5, 5.41) is 1.81. The van der Waals surface area contributed by atoms with Crippen LogP contribution in [0.4, 0.5) is 5.69 Å². The maximum atomic E-state index is 6.13. The molecule has 0 aliphatic heterocycles. The Hall–Kier alpha value is -0.600. The molecule has 2 rings (SSSR count). The molecule has 0 radical (unpaired) electrons. The van der Waals surface area contributed by atoms with Crippen molar-refractivity contribution in [1.82, 2.24) is 0 Å². The molecule has 0 amide bonds. The normalized spacial score (nSPS) is 10.6. The summed E-state index contributed by atoms with van der Waals surface area (Å²) < 4.78 is 0. The van der Waals surface area contributed by atoms with Crippen LogP contribution < -0.4 is 5.73 Å². The molecule has 0 aliphatic carbocycles. The third-order valence-corrected chi connectivity index (χ3v) is 3.78. The highest BCUT2D eigenvalue weighted by atomic mass is 35.5. The molecule has 1 nitrogen and oxygen atoms in total. The molecule has 0 saturated heterocycles. The molecule has 88 valence electrons. The Morgan fingerprint density at radius 3 is 2.06 bits per heavy atom. The lowest BCUT2D eigenvalue weighted by molar-refractivity contribution is 1.61. The molecule has 2 aromatic carbocycles. The van der Waals surface area contributed by atoms with Gasteiger partial charge >= 0.3 is 0 Å². The number of nitrogens with two attached hydrogens (primary N) is 1. The molecule has 17 heavy (non-hydrogen) atoms. The van der Waals surface area contributed by atoms with Crippen molar-refractivity contribution < 1.29 is 0 Å². The summed E-state index contributed by atoms with van der Waals surface area (Å²) in [4.78, 5) is 0. The summed E-state index contributed by atoms with van der Waals surface area (Å²) >= 11 is 24.2. The van der Waals surface area contributed by atoms with E-state index < -0.39 is 0 Å². The maximum absolute atomic E-state index is 6.13. The molecule has 0 bridgehead atoms. The number of benzene rings is 2. The van der Waals surface area contributed by atoms with E-state index in [0.29, 0.717) is 31.3 Å². The van der Waals surface area contributed by atoms with E-state index in [9.17, 15) is 0 Å². The van der Waals surface area contributed by atoms with Gasteiger partial charge in [-0.2, -0.15) is 0 Å². The third-order valence-electron chi connectivity index (χ3n) is 2.33. The van der Waals surface area contributed by atoms with E-state index in [-0.39, 0.29) is 0 Å². The Bertz CT molecular complexity index is 581. The minimum Gasteiger partial charge on any atom is -0.398 e. The molecule has 5 heteroatoms. The number of rotatable bonds is 1. The van der Waals surface area contributed by atoms with Crippen LogP contribution in [0.1, 0.15) is 0 Å². The molecule has 0 heterocycles. The maximum Gasteiger partial charge on any atom is 0.0685 e. The van der Waals surface area contributed by atoms with Crippen molar-refractivity contribution >= 4 is 52.1 Å². The van der Waals surface area contributed by atoms with E-state index in [1.165, 1.54) is 0 Å². The molecule has 2 aromatic rings. The number of hydrogen-bond acceptors (Lipinski definition) is 1. The fraction of sp³-hybridized carbons (Fsp3) is 0. The van der Waals surface area contributed by atoms with Crippen LogP contribution in [0.3, 0.4) is 0 Å². The topological polar surface area (TPSA) is 26.0 Å². The van der Waals surface area contributed by atoms with Gasteiger partial charge in [0.05, 0.1) is 20.8 Å². The monoisotopic (exact) mass is 305 g/mol. The first-order valence-electron chi connectivity index (χ1n) is 4.69. The van der Waals surface area contributed by atoms with Crippen molar-refractivity contribution in [2.24, 2.45) is 0 Å². The number of anilines is 1. The Labute approximate surface area is 119 Å². The predicted molar refractivity (Wildman–Crippen MR) is 76.3 cm³/mol. The molecule has 0 fully saturated rings. The zero-order valence-electron chi connectivity index (χ0n) is 8.48. The van der Waals surface area contributed by atoms with Crippen molar-refractivity contribution in [2.75, 3.05) is 5.73 Å². The van der Waals surface area contributed by atoms with Gasteiger partial charge < -0.3 is 5.73 Å². The van der Waals surface area contributed by atoms with Gasteiger partial charge in [-0.1, -0.05) is 52.5 Å². The van der Waals surface area contributed by atoms with Gasteiger partial charge in [-0.3, -0.25) is 0 Å². The zero-order chi connectivity index (χ0) is 12.6. The van der Waals surface area contributed by atoms with Gasteiger partial charge in [-0.05, 0) is 29.8 Å². The standard InChI is InChI=1S/C12H7Cl4N/c13-7-2-3-8(14)12(16)11(7)6-1-4-10(17)9(15)5-6/h1-5H,17H2. The van der Waals surface area contributed by atoms with Gasteiger partial charge in [-0.25, -0.2) is 0 Å². The Morgan fingerprint density at radius 2 is 1.41 bits per heavy atom. The largest absolute Gasteiger partial charge is 0.398 e. The van der Waals surface area contributed by atoms with Crippen molar-refractivity contribution in [3.8, 4) is 11.1 Å². The summed E-state index contributed by atoms with van der Waals surface area (Å²) in [7, 11) is 0. The second kappa shape index (κ2) is 4.95. The van der Waals surface area contributed by atoms with Gasteiger partial charge in [0.1, 0.15) is 0 Å². The smallest absolute Gasteiger partial charge is 0.0685 e. The van der Waals surface area contributed by atoms with Crippen LogP contribution >= 0.6 is 46.4 Å². The highest BCUT2D eigenvalue weighted by molar-refractivity contribution is 6.46. The van der Waals surface area contributed by atoms with Gasteiger partial charge in [0.25, 0.3) is 0 Å². The van der Waals surface area contributed by atoms with Crippen LogP contribution in [0, 0.1) is 0 Å². The second-order valence-electron chi connectivity index (χ2n) is 3.45. The molecule has 0 atom stereocenters. The van der Waals surface area contributed by atoms with E-state index in [1.807, 2.05) is 0 Å². The lowest BCUT2D eigenvalue weighted by atomic mass is 10.1. The summed E-state index contributed by atoms with van der Waals surface area (Å²) in [5.41, 5.74) is 7.59. The van der Waals surface area contributed by atoms with Crippen LogP contribution in [0.5, 0.6) is 0 Å². The molecular formula is C12H7Cl4N. The molecule has 2 N–H and O–H groups in total. The average molecular weight is 307 g/mol. The molecule has 0 spiro atoms. The average Bonchev–Trinajstić information content (AvgIpc) is 2.29. The summed E-state index contributed by atoms with van der Waals surface area (Å²) in [6.07, 6.45) is 0. The van der Waals surface area contributed by atoms with Crippen LogP contribution in [-0.2, 0) is 0 Å². The number of hydrogen-bond donors (Lipinski definition) is 1. The minimum absolute atomic E-state index is 0.403. The molecule has 0 saturated carbocycles. The molecule has 0 aliphatic rings. The number of nitrogen functional groups attached to an aromatic ring is 1. The van der Waals surface area contributed by atoms with Crippen LogP contribution in [-0.4, -0.2) is 0 Å². The highest BCUT2D eigenvalue weighted by Crippen LogP contribution is 2.40. The summed E-state index contributed by atoms with van der Waals surface area (Å²) in [6, 6.07) is 8.54. The zero-order valence-corrected chi connectivity index (χ0v) is 11.5. The third kappa shape index (κ3) is 2.48.